The Hall–Kier alpha value is -1.81. The summed E-state index contributed by atoms with van der Waals surface area (Å²) in [7, 11) is -2.23. The van der Waals surface area contributed by atoms with Crippen molar-refractivity contribution in [2.75, 3.05) is 31.4 Å². The molecule has 0 radical (unpaired) electrons. The van der Waals surface area contributed by atoms with Crippen LogP contribution >= 0.6 is 25.1 Å². The molecule has 1 amide bonds. The van der Waals surface area contributed by atoms with Gasteiger partial charge in [0.05, 0.1) is 40.6 Å². The molecular formula is C19H21ClFNO5S2. The lowest BCUT2D eigenvalue weighted by Gasteiger charge is -2.13. The number of nitrogens with one attached hydrogen (secondary N) is 1. The molecule has 29 heavy (non-hydrogen) atoms. The molecule has 3 rings (SSSR count). The summed E-state index contributed by atoms with van der Waals surface area (Å²) in [6, 6.07) is 7.66. The highest BCUT2D eigenvalue weighted by molar-refractivity contribution is 7.91. The maximum absolute atomic E-state index is 13.2. The van der Waals surface area contributed by atoms with Gasteiger partial charge in [0.25, 0.3) is 5.91 Å². The topological polar surface area (TPSA) is 81.7 Å². The molecule has 0 spiro atoms. The number of rotatable bonds is 6. The third-order valence-corrected chi connectivity index (χ3v) is 6.63. The molecule has 0 aliphatic carbocycles. The maximum atomic E-state index is 13.2. The SMILES string of the molecule is COc1ccc(S(=O)(=O)C[C@H]2CCOC2)cc1C(=O)Nc1ccc(F)cc1Cl.S. The highest BCUT2D eigenvalue weighted by Crippen LogP contribution is 2.28. The molecular weight excluding hydrogens is 441 g/mol. The Balaban J connectivity index is 0.00000300. The van der Waals surface area contributed by atoms with Gasteiger partial charge in [-0.2, -0.15) is 13.5 Å². The number of sulfone groups is 1. The maximum Gasteiger partial charge on any atom is 0.259 e. The summed E-state index contributed by atoms with van der Waals surface area (Å²) in [5.41, 5.74) is 0.234. The molecule has 0 unspecified atom stereocenters. The fraction of sp³-hybridized carbons (Fsp3) is 0.316. The van der Waals surface area contributed by atoms with Crippen molar-refractivity contribution in [2.45, 2.75) is 11.3 Å². The van der Waals surface area contributed by atoms with E-state index >= 15 is 0 Å². The molecule has 158 valence electrons. The number of hydrogen-bond acceptors (Lipinski definition) is 5. The Morgan fingerprint density at radius 3 is 2.69 bits per heavy atom. The van der Waals surface area contributed by atoms with Crippen LogP contribution < -0.4 is 10.1 Å². The van der Waals surface area contributed by atoms with E-state index in [1.165, 1.54) is 31.4 Å². The lowest BCUT2D eigenvalue weighted by Crippen LogP contribution is -2.18. The number of ether oxygens (including phenoxy) is 2. The second-order valence-electron chi connectivity index (χ2n) is 6.45. The molecule has 1 aliphatic rings. The van der Waals surface area contributed by atoms with Crippen LogP contribution in [0.3, 0.4) is 0 Å². The van der Waals surface area contributed by atoms with E-state index in [1.54, 1.807) is 0 Å². The average Bonchev–Trinajstić information content (AvgIpc) is 3.15. The monoisotopic (exact) mass is 461 g/mol. The van der Waals surface area contributed by atoms with Gasteiger partial charge in [-0.3, -0.25) is 4.79 Å². The van der Waals surface area contributed by atoms with E-state index in [9.17, 15) is 17.6 Å². The molecule has 0 saturated carbocycles. The number of carbonyl (C=O) groups is 1. The van der Waals surface area contributed by atoms with Crippen molar-refractivity contribution in [3.63, 3.8) is 0 Å². The predicted octanol–water partition coefficient (Wildman–Crippen LogP) is 3.66. The normalized spacial score (nSPS) is 16.2. The van der Waals surface area contributed by atoms with Crippen molar-refractivity contribution >= 4 is 46.5 Å². The first kappa shape index (κ1) is 23.5. The highest BCUT2D eigenvalue weighted by atomic mass is 35.5. The van der Waals surface area contributed by atoms with Crippen LogP contribution in [-0.4, -0.2) is 40.4 Å². The fourth-order valence-electron chi connectivity index (χ4n) is 2.96. The van der Waals surface area contributed by atoms with Gasteiger partial charge >= 0.3 is 0 Å². The van der Waals surface area contributed by atoms with Gasteiger partial charge < -0.3 is 14.8 Å². The van der Waals surface area contributed by atoms with Crippen molar-refractivity contribution in [1.82, 2.24) is 0 Å². The van der Waals surface area contributed by atoms with E-state index in [0.29, 0.717) is 19.6 Å². The smallest absolute Gasteiger partial charge is 0.259 e. The molecule has 1 atom stereocenters. The molecule has 1 fully saturated rings. The van der Waals surface area contributed by atoms with Crippen molar-refractivity contribution in [3.8, 4) is 5.75 Å². The van der Waals surface area contributed by atoms with Gasteiger partial charge in [-0.25, -0.2) is 12.8 Å². The van der Waals surface area contributed by atoms with Crippen molar-refractivity contribution < 1.29 is 27.1 Å². The van der Waals surface area contributed by atoms with Gasteiger partial charge in [0.15, 0.2) is 9.84 Å². The standard InChI is InChI=1S/C19H19ClFNO5S.H2S/c1-26-18-5-3-14(28(24,25)11-12-6-7-27-10-12)9-15(18)19(23)22-17-4-2-13(21)8-16(17)20;/h2-5,8-9,12H,6-7,10-11H2,1H3,(H,22,23);1H2/t12-;/m0./s1. The first-order chi connectivity index (χ1) is 13.3. The van der Waals surface area contributed by atoms with Crippen molar-refractivity contribution in [3.05, 3.63) is 52.8 Å². The zero-order valence-electron chi connectivity index (χ0n) is 15.6. The minimum atomic E-state index is -3.60. The minimum Gasteiger partial charge on any atom is -0.496 e. The summed E-state index contributed by atoms with van der Waals surface area (Å²) < 4.78 is 49.0. The summed E-state index contributed by atoms with van der Waals surface area (Å²) in [4.78, 5) is 12.7. The number of anilines is 1. The zero-order valence-corrected chi connectivity index (χ0v) is 18.1. The molecule has 1 N–H and O–H groups in total. The molecule has 6 nitrogen and oxygen atoms in total. The summed E-state index contributed by atoms with van der Waals surface area (Å²) in [6.07, 6.45) is 0.686. The lowest BCUT2D eigenvalue weighted by atomic mass is 10.1. The number of halogens is 2. The van der Waals surface area contributed by atoms with Crippen molar-refractivity contribution in [1.29, 1.82) is 0 Å². The van der Waals surface area contributed by atoms with Gasteiger partial charge in [-0.15, -0.1) is 0 Å². The molecule has 2 aromatic rings. The molecule has 10 heteroatoms. The Morgan fingerprint density at radius 1 is 1.31 bits per heavy atom. The number of amides is 1. The van der Waals surface area contributed by atoms with Crippen LogP contribution in [0.15, 0.2) is 41.3 Å². The van der Waals surface area contributed by atoms with Crippen LogP contribution in [0.4, 0.5) is 10.1 Å². The summed E-state index contributed by atoms with van der Waals surface area (Å²) in [5.74, 6) is -1.07. The molecule has 1 aliphatic heterocycles. The van der Waals surface area contributed by atoms with Gasteiger partial charge in [0.1, 0.15) is 11.6 Å². The zero-order chi connectivity index (χ0) is 20.3. The first-order valence-corrected chi connectivity index (χ1v) is 10.6. The third kappa shape index (κ3) is 5.63. The molecule has 2 aromatic carbocycles. The first-order valence-electron chi connectivity index (χ1n) is 8.55. The van der Waals surface area contributed by atoms with Crippen LogP contribution in [0.25, 0.3) is 0 Å². The van der Waals surface area contributed by atoms with Crippen LogP contribution in [-0.2, 0) is 14.6 Å². The summed E-state index contributed by atoms with van der Waals surface area (Å²) in [6.45, 7) is 0.959. The third-order valence-electron chi connectivity index (χ3n) is 4.43. The van der Waals surface area contributed by atoms with Crippen LogP contribution in [0.2, 0.25) is 5.02 Å². The van der Waals surface area contributed by atoms with E-state index < -0.39 is 21.6 Å². The number of benzene rings is 2. The Labute approximate surface area is 180 Å². The second kappa shape index (κ2) is 9.80. The number of carbonyl (C=O) groups excluding carboxylic acids is 1. The second-order valence-corrected chi connectivity index (χ2v) is 8.89. The van der Waals surface area contributed by atoms with Gasteiger partial charge in [0.2, 0.25) is 0 Å². The average molecular weight is 462 g/mol. The molecule has 0 bridgehead atoms. The highest BCUT2D eigenvalue weighted by Gasteiger charge is 2.26. The van der Waals surface area contributed by atoms with E-state index in [4.69, 9.17) is 21.1 Å². The van der Waals surface area contributed by atoms with Crippen LogP contribution in [0, 0.1) is 11.7 Å². The lowest BCUT2D eigenvalue weighted by molar-refractivity contribution is 0.102. The van der Waals surface area contributed by atoms with Gasteiger partial charge in [0, 0.05) is 6.61 Å². The number of hydrogen-bond donors (Lipinski definition) is 1. The number of methoxy groups -OCH3 is 1. The summed E-state index contributed by atoms with van der Waals surface area (Å²) in [5, 5.41) is 2.57. The minimum absolute atomic E-state index is 0. The van der Waals surface area contributed by atoms with Gasteiger partial charge in [-0.05, 0) is 48.7 Å². The Kier molecular flexibility index (Phi) is 7.93. The quantitative estimate of drug-likeness (QED) is 0.709. The summed E-state index contributed by atoms with van der Waals surface area (Å²) >= 11 is 5.94. The van der Waals surface area contributed by atoms with Gasteiger partial charge in [-0.1, -0.05) is 11.6 Å². The van der Waals surface area contributed by atoms with Crippen LogP contribution in [0.1, 0.15) is 16.8 Å². The Morgan fingerprint density at radius 2 is 2.07 bits per heavy atom. The van der Waals surface area contributed by atoms with E-state index in [2.05, 4.69) is 5.32 Å². The molecule has 1 saturated heterocycles. The predicted molar refractivity (Wildman–Crippen MR) is 114 cm³/mol. The molecule has 1 heterocycles. The fourth-order valence-corrected chi connectivity index (χ4v) is 4.82. The van der Waals surface area contributed by atoms with Crippen molar-refractivity contribution in [2.24, 2.45) is 5.92 Å². The van der Waals surface area contributed by atoms with E-state index in [0.717, 1.165) is 12.1 Å². The largest absolute Gasteiger partial charge is 0.496 e. The van der Waals surface area contributed by atoms with E-state index in [-0.39, 0.29) is 52.1 Å². The molecule has 0 aromatic heterocycles. The van der Waals surface area contributed by atoms with E-state index in [1.807, 2.05) is 0 Å². The Bertz CT molecular complexity index is 994. The van der Waals surface area contributed by atoms with Crippen LogP contribution in [0.5, 0.6) is 5.75 Å².